The van der Waals surface area contributed by atoms with Crippen molar-refractivity contribution in [2.24, 2.45) is 5.16 Å². The molecule has 1 rings (SSSR count). The van der Waals surface area contributed by atoms with E-state index in [4.69, 9.17) is 0 Å². The van der Waals surface area contributed by atoms with E-state index < -0.39 is 24.0 Å². The van der Waals surface area contributed by atoms with E-state index in [0.717, 1.165) is 0 Å². The second-order valence-corrected chi connectivity index (χ2v) is 3.25. The topological polar surface area (TPSA) is 47.9 Å². The van der Waals surface area contributed by atoms with Crippen molar-refractivity contribution in [3.63, 3.8) is 0 Å². The van der Waals surface area contributed by atoms with Crippen molar-refractivity contribution in [2.75, 3.05) is 0 Å². The molecule has 0 bridgehead atoms. The molecule has 1 aromatic rings. The Hall–Kier alpha value is -2.26. The Morgan fingerprint density at radius 2 is 1.45 bits per heavy atom. The normalized spacial score (nSPS) is 11.7. The van der Waals surface area contributed by atoms with Crippen LogP contribution in [0.15, 0.2) is 35.5 Å². The molecule has 0 heterocycles. The van der Waals surface area contributed by atoms with Crippen LogP contribution in [0, 0.1) is 0 Å². The van der Waals surface area contributed by atoms with Crippen LogP contribution >= 0.6 is 0 Å². The summed E-state index contributed by atoms with van der Waals surface area (Å²) in [5, 5.41) is 1.76. The first kappa shape index (κ1) is 15.8. The molecule has 4 nitrogen and oxygen atoms in total. The minimum absolute atomic E-state index is 0.136. The first-order chi connectivity index (χ1) is 9.12. The molecular weight excluding hydrogens is 296 g/mol. The number of carbonyl (C=O) groups excluding carboxylic acids is 1. The van der Waals surface area contributed by atoms with Gasteiger partial charge in [0.2, 0.25) is 0 Å². The Morgan fingerprint density at radius 1 is 0.950 bits per heavy atom. The van der Waals surface area contributed by atoms with Gasteiger partial charge in [-0.05, 0) is 17.3 Å². The van der Waals surface area contributed by atoms with Crippen LogP contribution in [0.4, 0.5) is 26.3 Å². The smallest absolute Gasteiger partial charge is 0.241 e. The minimum Gasteiger partial charge on any atom is -0.241 e. The summed E-state index contributed by atoms with van der Waals surface area (Å²) in [4.78, 5) is 18.2. The van der Waals surface area contributed by atoms with Crippen LogP contribution in [0.2, 0.25) is 0 Å². The van der Waals surface area contributed by atoms with E-state index in [9.17, 15) is 31.1 Å². The molecular formula is C10H5F6NO3. The van der Waals surface area contributed by atoms with Gasteiger partial charge < -0.3 is 0 Å². The van der Waals surface area contributed by atoms with Crippen molar-refractivity contribution in [3.8, 4) is 0 Å². The zero-order chi connectivity index (χ0) is 15.4. The molecule has 0 aromatic heterocycles. The summed E-state index contributed by atoms with van der Waals surface area (Å²) in [5.74, 6) is -1.29. The van der Waals surface area contributed by atoms with Crippen molar-refractivity contribution in [1.29, 1.82) is 0 Å². The molecule has 0 aliphatic carbocycles. The average Bonchev–Trinajstić information content (AvgIpc) is 2.32. The van der Waals surface area contributed by atoms with Gasteiger partial charge in [-0.3, -0.25) is 0 Å². The second kappa shape index (κ2) is 5.80. The quantitative estimate of drug-likeness (QED) is 0.372. The summed E-state index contributed by atoms with van der Waals surface area (Å²) < 4.78 is 72.0. The number of rotatable bonds is 3. The molecule has 20 heavy (non-hydrogen) atoms. The third kappa shape index (κ3) is 4.44. The lowest BCUT2D eigenvalue weighted by molar-refractivity contribution is -0.247. The first-order valence-electron chi connectivity index (χ1n) is 4.78. The zero-order valence-corrected chi connectivity index (χ0v) is 9.33. The van der Waals surface area contributed by atoms with E-state index in [-0.39, 0.29) is 5.56 Å². The lowest BCUT2D eigenvalue weighted by atomic mass is 10.2. The van der Waals surface area contributed by atoms with E-state index in [1.54, 1.807) is 5.16 Å². The molecule has 10 heteroatoms. The van der Waals surface area contributed by atoms with Crippen molar-refractivity contribution in [2.45, 2.75) is 12.4 Å². The maximum absolute atomic E-state index is 12.0. The summed E-state index contributed by atoms with van der Waals surface area (Å²) in [5.41, 5.74) is -3.31. The molecule has 0 saturated carbocycles. The van der Waals surface area contributed by atoms with Crippen molar-refractivity contribution >= 4 is 11.7 Å². The van der Waals surface area contributed by atoms with Gasteiger partial charge in [-0.2, -0.15) is 31.3 Å². The fourth-order valence-corrected chi connectivity index (χ4v) is 0.976. The number of carbonyl (C=O) groups is 1. The van der Waals surface area contributed by atoms with Gasteiger partial charge in [0.1, 0.15) is 0 Å². The molecule has 0 amide bonds. The third-order valence-electron chi connectivity index (χ3n) is 1.79. The highest BCUT2D eigenvalue weighted by molar-refractivity contribution is 5.94. The summed E-state index contributed by atoms with van der Waals surface area (Å²) in [6.07, 6.45) is -11.6. The lowest BCUT2D eigenvalue weighted by Gasteiger charge is -2.11. The Balaban J connectivity index is 2.74. The van der Waals surface area contributed by atoms with Crippen LogP contribution in [-0.2, 0) is 9.88 Å². The Morgan fingerprint density at radius 3 is 1.90 bits per heavy atom. The number of oxime groups is 1. The van der Waals surface area contributed by atoms with Crippen LogP contribution in [0.25, 0.3) is 0 Å². The number of nitrogens with zero attached hydrogens (tertiary/aromatic N) is 1. The van der Waals surface area contributed by atoms with Gasteiger partial charge in [-0.15, -0.1) is 0 Å². The van der Waals surface area contributed by atoms with Gasteiger partial charge in [0.15, 0.2) is 0 Å². The van der Waals surface area contributed by atoms with Crippen LogP contribution in [0.5, 0.6) is 0 Å². The van der Waals surface area contributed by atoms with Crippen LogP contribution in [0.3, 0.4) is 0 Å². The molecule has 1 aromatic carbocycles. The molecule has 0 N–H and O–H groups in total. The average molecular weight is 301 g/mol. The van der Waals surface area contributed by atoms with Crippen molar-refractivity contribution in [1.82, 2.24) is 0 Å². The van der Waals surface area contributed by atoms with Crippen LogP contribution in [0.1, 0.15) is 10.4 Å². The summed E-state index contributed by atoms with van der Waals surface area (Å²) in [7, 11) is 0. The third-order valence-corrected chi connectivity index (χ3v) is 1.79. The van der Waals surface area contributed by atoms with E-state index in [1.807, 2.05) is 0 Å². The van der Waals surface area contributed by atoms with Gasteiger partial charge in [-0.1, -0.05) is 18.2 Å². The predicted octanol–water partition coefficient (Wildman–Crippen LogP) is 3.26. The van der Waals surface area contributed by atoms with Gasteiger partial charge >= 0.3 is 18.3 Å². The molecule has 0 atom stereocenters. The van der Waals surface area contributed by atoms with Crippen molar-refractivity contribution in [3.05, 3.63) is 35.9 Å². The number of halogens is 6. The second-order valence-electron chi connectivity index (χ2n) is 3.25. The molecule has 0 fully saturated rings. The van der Waals surface area contributed by atoms with Gasteiger partial charge in [-0.25, -0.2) is 9.68 Å². The highest BCUT2D eigenvalue weighted by Crippen LogP contribution is 2.30. The van der Waals surface area contributed by atoms with E-state index >= 15 is 0 Å². The number of hydrogen-bond acceptors (Lipinski definition) is 4. The van der Waals surface area contributed by atoms with Crippen LogP contribution < -0.4 is 0 Å². The summed E-state index contributed by atoms with van der Waals surface area (Å²) >= 11 is 0. The largest absolute Gasteiger partial charge is 0.441 e. The lowest BCUT2D eigenvalue weighted by Crippen LogP contribution is -2.37. The van der Waals surface area contributed by atoms with E-state index in [1.165, 1.54) is 30.3 Å². The predicted molar refractivity (Wildman–Crippen MR) is 52.5 cm³/mol. The zero-order valence-electron chi connectivity index (χ0n) is 9.33. The summed E-state index contributed by atoms with van der Waals surface area (Å²) in [6, 6.07) is 6.75. The highest BCUT2D eigenvalue weighted by Gasteiger charge is 2.54. The van der Waals surface area contributed by atoms with E-state index in [0.29, 0.717) is 0 Å². The maximum atomic E-state index is 12.0. The Kier molecular flexibility index (Phi) is 4.58. The number of benzene rings is 1. The minimum atomic E-state index is -5.79. The molecule has 0 radical (unpaired) electrons. The van der Waals surface area contributed by atoms with Gasteiger partial charge in [0.25, 0.3) is 5.71 Å². The maximum Gasteiger partial charge on any atom is 0.441 e. The van der Waals surface area contributed by atoms with Gasteiger partial charge in [0.05, 0.1) is 5.56 Å². The summed E-state index contributed by atoms with van der Waals surface area (Å²) in [6.45, 7) is 0. The molecule has 0 spiro atoms. The Bertz CT molecular complexity index is 478. The number of hydrogen-bond donors (Lipinski definition) is 0. The SMILES string of the molecule is O=C(OON=C(C(F)(F)F)C(F)(F)F)c1ccccc1. The van der Waals surface area contributed by atoms with Crippen molar-refractivity contribution < 1.29 is 41.0 Å². The monoisotopic (exact) mass is 301 g/mol. The fraction of sp³-hybridized carbons (Fsp3) is 0.200. The first-order valence-corrected chi connectivity index (χ1v) is 4.78. The highest BCUT2D eigenvalue weighted by atomic mass is 19.4. The molecule has 0 unspecified atom stereocenters. The molecule has 0 aliphatic rings. The Labute approximate surface area is 107 Å². The molecule has 0 aliphatic heterocycles. The number of alkyl halides is 6. The van der Waals surface area contributed by atoms with E-state index in [2.05, 4.69) is 9.88 Å². The fourth-order valence-electron chi connectivity index (χ4n) is 0.976. The molecule has 0 saturated heterocycles. The van der Waals surface area contributed by atoms with Crippen LogP contribution in [-0.4, -0.2) is 24.0 Å². The molecule has 110 valence electrons. The standard InChI is InChI=1S/C10H5F6NO3/c11-9(12,13)8(10(14,15)16)17-20-19-7(18)6-4-2-1-3-5-6/h1-5H. The van der Waals surface area contributed by atoms with Gasteiger partial charge in [0, 0.05) is 0 Å².